The Balaban J connectivity index is 1.82. The number of furan rings is 1. The zero-order valence-corrected chi connectivity index (χ0v) is 15.2. The highest BCUT2D eigenvalue weighted by atomic mass is 79.9. The number of carbonyl (C=O) groups excluding carboxylic acids is 1. The van der Waals surface area contributed by atoms with Crippen LogP contribution >= 0.6 is 39.1 Å². The number of rotatable bonds is 3. The van der Waals surface area contributed by atoms with Crippen LogP contribution in [0.3, 0.4) is 0 Å². The number of hydrogen-bond donors (Lipinski definition) is 2. The third-order valence-corrected chi connectivity index (χ3v) is 4.67. The third-order valence-electron chi connectivity index (χ3n) is 3.28. The number of nitrogens with two attached hydrogens (primary N) is 1. The second kappa shape index (κ2) is 6.89. The van der Waals surface area contributed by atoms with Gasteiger partial charge in [-0.1, -0.05) is 23.2 Å². The van der Waals surface area contributed by atoms with Gasteiger partial charge in [0.2, 0.25) is 0 Å². The summed E-state index contributed by atoms with van der Waals surface area (Å²) in [5.74, 6) is 0.335. The molecule has 3 aromatic rings. The molecule has 0 aliphatic carbocycles. The maximum atomic E-state index is 12.3. The van der Waals surface area contributed by atoms with Crippen molar-refractivity contribution in [1.29, 1.82) is 0 Å². The first-order valence-electron chi connectivity index (χ1n) is 6.85. The van der Waals surface area contributed by atoms with Crippen molar-refractivity contribution in [3.05, 3.63) is 68.8 Å². The van der Waals surface area contributed by atoms with Gasteiger partial charge in [0, 0.05) is 15.7 Å². The van der Waals surface area contributed by atoms with Gasteiger partial charge in [-0.2, -0.15) is 0 Å². The van der Waals surface area contributed by atoms with Crippen LogP contribution in [0.4, 0.5) is 11.4 Å². The quantitative estimate of drug-likeness (QED) is 0.517. The summed E-state index contributed by atoms with van der Waals surface area (Å²) in [6, 6.07) is 13.5. The molecule has 1 aromatic heterocycles. The van der Waals surface area contributed by atoms with E-state index in [1.54, 1.807) is 48.5 Å². The standard InChI is InChI=1S/C17H11BrCl2N2O2/c18-11-8-10(21)2-4-14(11)22-17(23)16-6-5-15(24-16)9-1-3-12(19)13(20)7-9/h1-8H,21H2,(H,22,23). The van der Waals surface area contributed by atoms with Crippen LogP contribution < -0.4 is 11.1 Å². The average Bonchev–Trinajstić information content (AvgIpc) is 3.03. The smallest absolute Gasteiger partial charge is 0.291 e. The first-order chi connectivity index (χ1) is 11.4. The average molecular weight is 426 g/mol. The van der Waals surface area contributed by atoms with Crippen LogP contribution in [-0.2, 0) is 0 Å². The van der Waals surface area contributed by atoms with Gasteiger partial charge >= 0.3 is 0 Å². The molecule has 24 heavy (non-hydrogen) atoms. The number of carbonyl (C=O) groups is 1. The van der Waals surface area contributed by atoms with Crippen molar-refractivity contribution in [3.8, 4) is 11.3 Å². The number of amides is 1. The molecule has 122 valence electrons. The Hall–Kier alpha value is -1.95. The molecule has 0 unspecified atom stereocenters. The fourth-order valence-electron chi connectivity index (χ4n) is 2.08. The predicted molar refractivity (Wildman–Crippen MR) is 101 cm³/mol. The summed E-state index contributed by atoms with van der Waals surface area (Å²) in [7, 11) is 0. The van der Waals surface area contributed by atoms with Gasteiger partial charge in [-0.15, -0.1) is 0 Å². The molecular weight excluding hydrogens is 415 g/mol. The minimum absolute atomic E-state index is 0.180. The van der Waals surface area contributed by atoms with E-state index in [4.69, 9.17) is 33.4 Å². The van der Waals surface area contributed by atoms with E-state index in [0.29, 0.717) is 31.7 Å². The van der Waals surface area contributed by atoms with Crippen LogP contribution in [0.2, 0.25) is 10.0 Å². The fraction of sp³-hybridized carbons (Fsp3) is 0. The van der Waals surface area contributed by atoms with Crippen LogP contribution in [0, 0.1) is 0 Å². The number of benzene rings is 2. The van der Waals surface area contributed by atoms with E-state index >= 15 is 0 Å². The van der Waals surface area contributed by atoms with Crippen LogP contribution in [0.25, 0.3) is 11.3 Å². The van der Waals surface area contributed by atoms with Gasteiger partial charge in [0.05, 0.1) is 15.7 Å². The van der Waals surface area contributed by atoms with Crippen molar-refractivity contribution in [2.45, 2.75) is 0 Å². The molecule has 2 aromatic carbocycles. The maximum Gasteiger partial charge on any atom is 0.291 e. The van der Waals surface area contributed by atoms with E-state index < -0.39 is 0 Å². The van der Waals surface area contributed by atoms with E-state index in [1.165, 1.54) is 0 Å². The lowest BCUT2D eigenvalue weighted by atomic mass is 10.2. The Labute approximate surface area is 156 Å². The molecule has 0 atom stereocenters. The van der Waals surface area contributed by atoms with E-state index in [0.717, 1.165) is 5.56 Å². The highest BCUT2D eigenvalue weighted by Crippen LogP contribution is 2.30. The zero-order chi connectivity index (χ0) is 17.3. The summed E-state index contributed by atoms with van der Waals surface area (Å²) in [5, 5.41) is 3.63. The fourth-order valence-corrected chi connectivity index (χ4v) is 2.87. The molecule has 0 fully saturated rings. The van der Waals surface area contributed by atoms with Crippen molar-refractivity contribution in [2.75, 3.05) is 11.1 Å². The second-order valence-electron chi connectivity index (χ2n) is 4.99. The molecule has 0 bridgehead atoms. The number of nitrogens with one attached hydrogen (secondary N) is 1. The SMILES string of the molecule is Nc1ccc(NC(=O)c2ccc(-c3ccc(Cl)c(Cl)c3)o2)c(Br)c1. The van der Waals surface area contributed by atoms with Gasteiger partial charge in [0.1, 0.15) is 5.76 Å². The molecule has 0 spiro atoms. The predicted octanol–water partition coefficient (Wildman–Crippen LogP) is 5.85. The molecular formula is C17H11BrCl2N2O2. The summed E-state index contributed by atoms with van der Waals surface area (Å²) >= 11 is 15.3. The van der Waals surface area contributed by atoms with Gasteiger partial charge in [-0.25, -0.2) is 0 Å². The Kier molecular flexibility index (Phi) is 4.85. The third kappa shape index (κ3) is 3.59. The molecule has 3 N–H and O–H groups in total. The minimum atomic E-state index is -0.369. The minimum Gasteiger partial charge on any atom is -0.451 e. The number of nitrogen functional groups attached to an aromatic ring is 1. The summed E-state index contributed by atoms with van der Waals surface area (Å²) in [4.78, 5) is 12.3. The lowest BCUT2D eigenvalue weighted by molar-refractivity contribution is 0.0997. The number of hydrogen-bond acceptors (Lipinski definition) is 3. The lowest BCUT2D eigenvalue weighted by Crippen LogP contribution is -2.11. The van der Waals surface area contributed by atoms with Gasteiger partial charge < -0.3 is 15.5 Å². The van der Waals surface area contributed by atoms with Crippen molar-refractivity contribution >= 4 is 56.4 Å². The van der Waals surface area contributed by atoms with Crippen LogP contribution in [0.15, 0.2) is 57.4 Å². The number of halogens is 3. The summed E-state index contributed by atoms with van der Waals surface area (Å²) in [6.07, 6.45) is 0. The monoisotopic (exact) mass is 424 g/mol. The lowest BCUT2D eigenvalue weighted by Gasteiger charge is -2.06. The second-order valence-corrected chi connectivity index (χ2v) is 6.65. The van der Waals surface area contributed by atoms with E-state index in [9.17, 15) is 4.79 Å². The summed E-state index contributed by atoms with van der Waals surface area (Å²) < 4.78 is 6.30. The Morgan fingerprint density at radius 3 is 2.54 bits per heavy atom. The molecule has 7 heteroatoms. The highest BCUT2D eigenvalue weighted by Gasteiger charge is 2.14. The van der Waals surface area contributed by atoms with Crippen LogP contribution in [0.5, 0.6) is 0 Å². The molecule has 0 saturated heterocycles. The largest absolute Gasteiger partial charge is 0.451 e. The van der Waals surface area contributed by atoms with Crippen molar-refractivity contribution in [1.82, 2.24) is 0 Å². The summed E-state index contributed by atoms with van der Waals surface area (Å²) in [6.45, 7) is 0. The van der Waals surface area contributed by atoms with E-state index in [2.05, 4.69) is 21.2 Å². The van der Waals surface area contributed by atoms with E-state index in [1.807, 2.05) is 0 Å². The van der Waals surface area contributed by atoms with Crippen molar-refractivity contribution in [2.24, 2.45) is 0 Å². The molecule has 0 radical (unpaired) electrons. The molecule has 4 nitrogen and oxygen atoms in total. The first kappa shape index (κ1) is 16.9. The van der Waals surface area contributed by atoms with Crippen molar-refractivity contribution < 1.29 is 9.21 Å². The first-order valence-corrected chi connectivity index (χ1v) is 8.40. The van der Waals surface area contributed by atoms with Crippen molar-refractivity contribution in [3.63, 3.8) is 0 Å². The molecule has 0 aliphatic rings. The van der Waals surface area contributed by atoms with Gasteiger partial charge in [0.25, 0.3) is 5.91 Å². The number of anilines is 2. The van der Waals surface area contributed by atoms with Gasteiger partial charge in [-0.3, -0.25) is 4.79 Å². The maximum absolute atomic E-state index is 12.3. The Morgan fingerprint density at radius 2 is 1.83 bits per heavy atom. The highest BCUT2D eigenvalue weighted by molar-refractivity contribution is 9.10. The Bertz CT molecular complexity index is 925. The molecule has 0 saturated carbocycles. The molecule has 1 heterocycles. The molecule has 0 aliphatic heterocycles. The van der Waals surface area contributed by atoms with Crippen LogP contribution in [0.1, 0.15) is 10.6 Å². The van der Waals surface area contributed by atoms with Gasteiger partial charge in [-0.05, 0) is 64.5 Å². The normalized spacial score (nSPS) is 10.6. The topological polar surface area (TPSA) is 68.3 Å². The van der Waals surface area contributed by atoms with Crippen LogP contribution in [-0.4, -0.2) is 5.91 Å². The molecule has 1 amide bonds. The molecule has 3 rings (SSSR count). The summed E-state index contributed by atoms with van der Waals surface area (Å²) in [5.41, 5.74) is 7.61. The zero-order valence-electron chi connectivity index (χ0n) is 12.1. The van der Waals surface area contributed by atoms with E-state index in [-0.39, 0.29) is 11.7 Å². The van der Waals surface area contributed by atoms with Gasteiger partial charge in [0.15, 0.2) is 5.76 Å². The Morgan fingerprint density at radius 1 is 1.04 bits per heavy atom.